The van der Waals surface area contributed by atoms with Gasteiger partial charge in [0.1, 0.15) is 0 Å². The van der Waals surface area contributed by atoms with Gasteiger partial charge in [-0.25, -0.2) is 0 Å². The average Bonchev–Trinajstić information content (AvgIpc) is 2.50. The van der Waals surface area contributed by atoms with Crippen molar-refractivity contribution in [3.05, 3.63) is 59.1 Å². The van der Waals surface area contributed by atoms with E-state index < -0.39 is 0 Å². The lowest BCUT2D eigenvalue weighted by Crippen LogP contribution is -2.12. The second-order valence-electron chi connectivity index (χ2n) is 4.98. The fourth-order valence-corrected chi connectivity index (χ4v) is 3.31. The van der Waals surface area contributed by atoms with Gasteiger partial charge in [0.25, 0.3) is 0 Å². The van der Waals surface area contributed by atoms with Gasteiger partial charge < -0.3 is 11.5 Å². The molecule has 0 bridgehead atoms. The number of halogens is 1. The summed E-state index contributed by atoms with van der Waals surface area (Å²) in [5.74, 6) is 0. The Bertz CT molecular complexity index is 557. The van der Waals surface area contributed by atoms with Crippen LogP contribution in [-0.2, 0) is 0 Å². The second-order valence-corrected chi connectivity index (χ2v) is 6.54. The summed E-state index contributed by atoms with van der Waals surface area (Å²) in [6.07, 6.45) is 3.06. The van der Waals surface area contributed by atoms with Gasteiger partial charge in [-0.2, -0.15) is 0 Å². The van der Waals surface area contributed by atoms with E-state index >= 15 is 0 Å². The van der Waals surface area contributed by atoms with Gasteiger partial charge >= 0.3 is 0 Å². The minimum atomic E-state index is 0.0625. The van der Waals surface area contributed by atoms with Gasteiger partial charge in [-0.1, -0.05) is 48.0 Å². The van der Waals surface area contributed by atoms with Gasteiger partial charge in [-0.15, -0.1) is 0 Å². The Labute approximate surface area is 135 Å². The van der Waals surface area contributed by atoms with Crippen molar-refractivity contribution in [3.63, 3.8) is 0 Å². The number of unbranched alkanes of at least 4 members (excludes halogenated alkanes) is 1. The third kappa shape index (κ3) is 5.04. The molecule has 0 unspecified atom stereocenters. The number of benzene rings is 2. The maximum Gasteiger partial charge on any atom is 0.0406 e. The molecule has 0 spiro atoms. The van der Waals surface area contributed by atoms with Crippen LogP contribution < -0.4 is 11.5 Å². The van der Waals surface area contributed by atoms with Gasteiger partial charge in [0.05, 0.1) is 0 Å². The molecule has 0 aliphatic carbocycles. The monoisotopic (exact) mass is 320 g/mol. The Morgan fingerprint density at radius 2 is 1.71 bits per heavy atom. The first-order valence-electron chi connectivity index (χ1n) is 7.18. The van der Waals surface area contributed by atoms with Crippen LogP contribution in [0, 0.1) is 0 Å². The standard InChI is InChI=1S/C17H21ClN2S/c18-13-8-10-14(11-9-13)21-17-7-2-1-5-15(17)16(20)6-3-4-12-19/h1-2,5,7-11,16H,3-4,6,12,19-20H2/t16-/m1/s1. The van der Waals surface area contributed by atoms with Gasteiger partial charge in [-0.05, 0) is 55.3 Å². The fraction of sp³-hybridized carbons (Fsp3) is 0.294. The van der Waals surface area contributed by atoms with E-state index in [1.165, 1.54) is 15.4 Å². The summed E-state index contributed by atoms with van der Waals surface area (Å²) in [5.41, 5.74) is 13.1. The molecular formula is C17H21ClN2S. The molecule has 0 saturated heterocycles. The van der Waals surface area contributed by atoms with Crippen molar-refractivity contribution in [2.24, 2.45) is 11.5 Å². The molecule has 21 heavy (non-hydrogen) atoms. The highest BCUT2D eigenvalue weighted by Gasteiger charge is 2.11. The van der Waals surface area contributed by atoms with Crippen molar-refractivity contribution in [3.8, 4) is 0 Å². The lowest BCUT2D eigenvalue weighted by Gasteiger charge is -2.16. The van der Waals surface area contributed by atoms with Crippen LogP contribution in [0.3, 0.4) is 0 Å². The summed E-state index contributed by atoms with van der Waals surface area (Å²) < 4.78 is 0. The van der Waals surface area contributed by atoms with Crippen LogP contribution in [0.1, 0.15) is 30.9 Å². The number of hydrogen-bond donors (Lipinski definition) is 2. The largest absolute Gasteiger partial charge is 0.330 e. The first-order valence-corrected chi connectivity index (χ1v) is 8.38. The molecule has 0 fully saturated rings. The molecule has 2 aromatic rings. The Morgan fingerprint density at radius 1 is 1.00 bits per heavy atom. The maximum absolute atomic E-state index is 6.34. The molecule has 0 amide bonds. The lowest BCUT2D eigenvalue weighted by atomic mass is 10.0. The summed E-state index contributed by atoms with van der Waals surface area (Å²) in [6, 6.07) is 16.3. The molecule has 2 aromatic carbocycles. The number of nitrogens with two attached hydrogens (primary N) is 2. The van der Waals surface area contributed by atoms with Gasteiger partial charge in [0, 0.05) is 20.9 Å². The highest BCUT2D eigenvalue weighted by Crippen LogP contribution is 2.34. The third-order valence-corrected chi connectivity index (χ3v) is 4.68. The van der Waals surface area contributed by atoms with Gasteiger partial charge in [0.2, 0.25) is 0 Å². The summed E-state index contributed by atoms with van der Waals surface area (Å²) >= 11 is 7.65. The minimum Gasteiger partial charge on any atom is -0.330 e. The van der Waals surface area contributed by atoms with Crippen molar-refractivity contribution in [2.45, 2.75) is 35.1 Å². The minimum absolute atomic E-state index is 0.0625. The zero-order chi connectivity index (χ0) is 15.1. The van der Waals surface area contributed by atoms with Crippen LogP contribution >= 0.6 is 23.4 Å². The number of hydrogen-bond acceptors (Lipinski definition) is 3. The normalized spacial score (nSPS) is 12.3. The van der Waals surface area contributed by atoms with Crippen LogP contribution in [0.4, 0.5) is 0 Å². The van der Waals surface area contributed by atoms with Crippen molar-refractivity contribution in [2.75, 3.05) is 6.54 Å². The Morgan fingerprint density at radius 3 is 2.43 bits per heavy atom. The van der Waals surface area contributed by atoms with Crippen molar-refractivity contribution in [1.82, 2.24) is 0 Å². The molecule has 1 atom stereocenters. The van der Waals surface area contributed by atoms with E-state index in [-0.39, 0.29) is 6.04 Å². The van der Waals surface area contributed by atoms with Gasteiger partial charge in [0.15, 0.2) is 0 Å². The van der Waals surface area contributed by atoms with Crippen molar-refractivity contribution >= 4 is 23.4 Å². The highest BCUT2D eigenvalue weighted by molar-refractivity contribution is 7.99. The van der Waals surface area contributed by atoms with E-state index in [2.05, 4.69) is 12.1 Å². The molecule has 2 nitrogen and oxygen atoms in total. The Kier molecular flexibility index (Phi) is 6.58. The topological polar surface area (TPSA) is 52.0 Å². The SMILES string of the molecule is NCCCC[C@@H](N)c1ccccc1Sc1ccc(Cl)cc1. The predicted molar refractivity (Wildman–Crippen MR) is 91.9 cm³/mol. The third-order valence-electron chi connectivity index (χ3n) is 3.33. The van der Waals surface area contributed by atoms with E-state index in [0.29, 0.717) is 0 Å². The average molecular weight is 321 g/mol. The second kappa shape index (κ2) is 8.44. The smallest absolute Gasteiger partial charge is 0.0406 e. The highest BCUT2D eigenvalue weighted by atomic mass is 35.5. The first-order chi connectivity index (χ1) is 10.2. The quantitative estimate of drug-likeness (QED) is 0.732. The zero-order valence-corrected chi connectivity index (χ0v) is 13.5. The fourth-order valence-electron chi connectivity index (χ4n) is 2.17. The molecule has 0 saturated carbocycles. The Balaban J connectivity index is 2.10. The van der Waals surface area contributed by atoms with Crippen LogP contribution in [0.2, 0.25) is 5.02 Å². The van der Waals surface area contributed by atoms with Gasteiger partial charge in [-0.3, -0.25) is 0 Å². The van der Waals surface area contributed by atoms with E-state index in [1.807, 2.05) is 36.4 Å². The Hall–Kier alpha value is -1.00. The lowest BCUT2D eigenvalue weighted by molar-refractivity contribution is 0.584. The van der Waals surface area contributed by atoms with Crippen molar-refractivity contribution < 1.29 is 0 Å². The summed E-state index contributed by atoms with van der Waals surface area (Å²) in [7, 11) is 0. The van der Waals surface area contributed by atoms with Crippen LogP contribution in [0.5, 0.6) is 0 Å². The molecular weight excluding hydrogens is 300 g/mol. The van der Waals surface area contributed by atoms with Crippen LogP contribution in [0.15, 0.2) is 58.3 Å². The van der Waals surface area contributed by atoms with E-state index in [4.69, 9.17) is 23.1 Å². The molecule has 2 rings (SSSR count). The predicted octanol–water partition coefficient (Wildman–Crippen LogP) is 4.62. The molecule has 0 aromatic heterocycles. The number of rotatable bonds is 7. The molecule has 0 heterocycles. The zero-order valence-electron chi connectivity index (χ0n) is 12.0. The van der Waals surface area contributed by atoms with E-state index in [9.17, 15) is 0 Å². The maximum atomic E-state index is 6.34. The molecule has 4 heteroatoms. The molecule has 0 aliphatic heterocycles. The summed E-state index contributed by atoms with van der Waals surface area (Å²) in [5, 5.41) is 0.756. The van der Waals surface area contributed by atoms with E-state index in [0.717, 1.165) is 30.8 Å². The van der Waals surface area contributed by atoms with Crippen molar-refractivity contribution in [1.29, 1.82) is 0 Å². The van der Waals surface area contributed by atoms with Crippen LogP contribution in [0.25, 0.3) is 0 Å². The molecule has 4 N–H and O–H groups in total. The molecule has 0 radical (unpaired) electrons. The molecule has 112 valence electrons. The first kappa shape index (κ1) is 16.4. The van der Waals surface area contributed by atoms with E-state index in [1.54, 1.807) is 11.8 Å². The van der Waals surface area contributed by atoms with Crippen LogP contribution in [-0.4, -0.2) is 6.54 Å². The summed E-state index contributed by atoms with van der Waals surface area (Å²) in [6.45, 7) is 0.730. The summed E-state index contributed by atoms with van der Waals surface area (Å²) in [4.78, 5) is 2.38. The molecule has 0 aliphatic rings.